The molecule has 1 N–H and O–H groups in total. The van der Waals surface area contributed by atoms with Gasteiger partial charge in [0.15, 0.2) is 11.6 Å². The van der Waals surface area contributed by atoms with Crippen molar-refractivity contribution in [3.05, 3.63) is 65.2 Å². The van der Waals surface area contributed by atoms with Gasteiger partial charge in [-0.15, -0.1) is 0 Å². The van der Waals surface area contributed by atoms with Crippen LogP contribution in [-0.2, 0) is 6.61 Å². The monoisotopic (exact) mass is 264 g/mol. The van der Waals surface area contributed by atoms with Crippen LogP contribution in [0.3, 0.4) is 0 Å². The molecule has 2 nitrogen and oxygen atoms in total. The standard InChI is InChI=1S/C15H14F2O2/c1-10(18)11-6-7-15(14(17)8-11)19-9-12-4-2-3-5-13(12)16/h2-8,10,18H,9H2,1H3. The van der Waals surface area contributed by atoms with Crippen molar-refractivity contribution in [1.82, 2.24) is 0 Å². The smallest absolute Gasteiger partial charge is 0.165 e. The highest BCUT2D eigenvalue weighted by atomic mass is 19.1. The molecule has 19 heavy (non-hydrogen) atoms. The minimum atomic E-state index is -0.741. The van der Waals surface area contributed by atoms with Gasteiger partial charge in [0.1, 0.15) is 12.4 Å². The highest BCUT2D eigenvalue weighted by Gasteiger charge is 2.09. The van der Waals surface area contributed by atoms with Crippen molar-refractivity contribution < 1.29 is 18.6 Å². The fraction of sp³-hybridized carbons (Fsp3) is 0.200. The molecule has 0 heterocycles. The first-order valence-corrected chi connectivity index (χ1v) is 5.91. The van der Waals surface area contributed by atoms with E-state index in [-0.39, 0.29) is 18.2 Å². The molecular formula is C15H14F2O2. The van der Waals surface area contributed by atoms with Crippen molar-refractivity contribution in [3.8, 4) is 5.75 Å². The molecule has 0 amide bonds. The second-order valence-corrected chi connectivity index (χ2v) is 4.25. The Balaban J connectivity index is 2.10. The van der Waals surface area contributed by atoms with Gasteiger partial charge in [-0.2, -0.15) is 0 Å². The van der Waals surface area contributed by atoms with Crippen LogP contribution in [0.2, 0.25) is 0 Å². The van der Waals surface area contributed by atoms with Crippen LogP contribution in [-0.4, -0.2) is 5.11 Å². The van der Waals surface area contributed by atoms with Gasteiger partial charge in [0.2, 0.25) is 0 Å². The molecule has 0 spiro atoms. The summed E-state index contributed by atoms with van der Waals surface area (Å²) in [4.78, 5) is 0. The lowest BCUT2D eigenvalue weighted by Crippen LogP contribution is -2.01. The van der Waals surface area contributed by atoms with E-state index >= 15 is 0 Å². The third kappa shape index (κ3) is 3.29. The van der Waals surface area contributed by atoms with E-state index in [0.717, 1.165) is 0 Å². The Morgan fingerprint density at radius 2 is 1.84 bits per heavy atom. The molecule has 100 valence electrons. The number of hydrogen-bond donors (Lipinski definition) is 1. The topological polar surface area (TPSA) is 29.5 Å². The molecule has 0 aliphatic heterocycles. The van der Waals surface area contributed by atoms with Crippen molar-refractivity contribution in [2.75, 3.05) is 0 Å². The van der Waals surface area contributed by atoms with Crippen molar-refractivity contribution in [1.29, 1.82) is 0 Å². The molecule has 0 aromatic heterocycles. The average Bonchev–Trinajstić information content (AvgIpc) is 2.39. The van der Waals surface area contributed by atoms with Gasteiger partial charge in [0, 0.05) is 5.56 Å². The lowest BCUT2D eigenvalue weighted by molar-refractivity contribution is 0.198. The Hall–Kier alpha value is -1.94. The van der Waals surface area contributed by atoms with Crippen LogP contribution < -0.4 is 4.74 Å². The molecule has 0 fully saturated rings. The first kappa shape index (κ1) is 13.5. The van der Waals surface area contributed by atoms with Crippen LogP contribution in [0.5, 0.6) is 5.75 Å². The lowest BCUT2D eigenvalue weighted by atomic mass is 10.1. The average molecular weight is 264 g/mol. The van der Waals surface area contributed by atoms with Crippen LogP contribution in [0.1, 0.15) is 24.2 Å². The molecule has 0 aliphatic rings. The second-order valence-electron chi connectivity index (χ2n) is 4.25. The van der Waals surface area contributed by atoms with Gasteiger partial charge in [-0.25, -0.2) is 8.78 Å². The largest absolute Gasteiger partial charge is 0.486 e. The molecule has 0 bridgehead atoms. The summed E-state index contributed by atoms with van der Waals surface area (Å²) in [5.74, 6) is -0.925. The quantitative estimate of drug-likeness (QED) is 0.914. The normalized spacial score (nSPS) is 12.2. The summed E-state index contributed by atoms with van der Waals surface area (Å²) in [5, 5.41) is 9.33. The fourth-order valence-corrected chi connectivity index (χ4v) is 1.66. The lowest BCUT2D eigenvalue weighted by Gasteiger charge is -2.10. The summed E-state index contributed by atoms with van der Waals surface area (Å²) in [6, 6.07) is 10.4. The SMILES string of the molecule is CC(O)c1ccc(OCc2ccccc2F)c(F)c1. The van der Waals surface area contributed by atoms with Gasteiger partial charge in [0.05, 0.1) is 6.10 Å². The molecule has 0 aliphatic carbocycles. The predicted molar refractivity (Wildman–Crippen MR) is 67.8 cm³/mol. The zero-order valence-corrected chi connectivity index (χ0v) is 10.4. The Morgan fingerprint density at radius 1 is 1.11 bits per heavy atom. The van der Waals surface area contributed by atoms with E-state index in [2.05, 4.69) is 0 Å². The van der Waals surface area contributed by atoms with Crippen molar-refractivity contribution >= 4 is 0 Å². The zero-order chi connectivity index (χ0) is 13.8. The Labute approximate surface area is 110 Å². The fourth-order valence-electron chi connectivity index (χ4n) is 1.66. The Kier molecular flexibility index (Phi) is 4.12. The molecule has 0 saturated heterocycles. The molecule has 2 rings (SSSR count). The number of aliphatic hydroxyl groups is 1. The zero-order valence-electron chi connectivity index (χ0n) is 10.4. The maximum absolute atomic E-state index is 13.7. The summed E-state index contributed by atoms with van der Waals surface area (Å²) in [5.41, 5.74) is 0.831. The van der Waals surface area contributed by atoms with Crippen LogP contribution >= 0.6 is 0 Å². The van der Waals surface area contributed by atoms with E-state index in [1.165, 1.54) is 18.2 Å². The predicted octanol–water partition coefficient (Wildman–Crippen LogP) is 3.60. The van der Waals surface area contributed by atoms with Crippen molar-refractivity contribution in [3.63, 3.8) is 0 Å². The number of ether oxygens (including phenoxy) is 1. The third-order valence-corrected chi connectivity index (χ3v) is 2.78. The molecule has 2 aromatic rings. The molecule has 1 unspecified atom stereocenters. The maximum Gasteiger partial charge on any atom is 0.165 e. The number of hydrogen-bond acceptors (Lipinski definition) is 2. The molecule has 4 heteroatoms. The van der Waals surface area contributed by atoms with E-state index in [1.807, 2.05) is 0 Å². The molecule has 0 radical (unpaired) electrons. The van der Waals surface area contributed by atoms with Crippen LogP contribution in [0.25, 0.3) is 0 Å². The minimum Gasteiger partial charge on any atom is -0.486 e. The molecule has 1 atom stereocenters. The highest BCUT2D eigenvalue weighted by Crippen LogP contribution is 2.23. The number of halogens is 2. The van der Waals surface area contributed by atoms with E-state index in [9.17, 15) is 13.9 Å². The van der Waals surface area contributed by atoms with E-state index in [1.54, 1.807) is 31.2 Å². The van der Waals surface area contributed by atoms with Gasteiger partial charge in [-0.05, 0) is 30.7 Å². The summed E-state index contributed by atoms with van der Waals surface area (Å²) < 4.78 is 32.3. The van der Waals surface area contributed by atoms with Crippen LogP contribution in [0.15, 0.2) is 42.5 Å². The molecule has 0 saturated carbocycles. The van der Waals surface area contributed by atoms with Gasteiger partial charge in [-0.1, -0.05) is 24.3 Å². The second kappa shape index (κ2) is 5.80. The summed E-state index contributed by atoms with van der Waals surface area (Å²) in [6.07, 6.45) is -0.741. The van der Waals surface area contributed by atoms with E-state index in [4.69, 9.17) is 4.74 Å². The third-order valence-electron chi connectivity index (χ3n) is 2.78. The van der Waals surface area contributed by atoms with Gasteiger partial charge < -0.3 is 9.84 Å². The molecule has 2 aromatic carbocycles. The minimum absolute atomic E-state index is 0.0349. The highest BCUT2D eigenvalue weighted by molar-refractivity contribution is 5.30. The number of benzene rings is 2. The number of aliphatic hydroxyl groups excluding tert-OH is 1. The molecular weight excluding hydrogens is 250 g/mol. The van der Waals surface area contributed by atoms with E-state index in [0.29, 0.717) is 11.1 Å². The van der Waals surface area contributed by atoms with Crippen molar-refractivity contribution in [2.24, 2.45) is 0 Å². The summed E-state index contributed by atoms with van der Waals surface area (Å²) in [6.45, 7) is 1.51. The van der Waals surface area contributed by atoms with Gasteiger partial charge in [0.25, 0.3) is 0 Å². The van der Waals surface area contributed by atoms with Crippen molar-refractivity contribution in [2.45, 2.75) is 19.6 Å². The van der Waals surface area contributed by atoms with Gasteiger partial charge in [-0.3, -0.25) is 0 Å². The maximum atomic E-state index is 13.7. The Morgan fingerprint density at radius 3 is 2.47 bits per heavy atom. The number of rotatable bonds is 4. The first-order chi connectivity index (χ1) is 9.08. The summed E-state index contributed by atoms with van der Waals surface area (Å²) in [7, 11) is 0. The van der Waals surface area contributed by atoms with E-state index < -0.39 is 11.9 Å². The summed E-state index contributed by atoms with van der Waals surface area (Å²) >= 11 is 0. The first-order valence-electron chi connectivity index (χ1n) is 5.91. The van der Waals surface area contributed by atoms with Gasteiger partial charge >= 0.3 is 0 Å². The van der Waals surface area contributed by atoms with Crippen LogP contribution in [0.4, 0.5) is 8.78 Å². The Bertz CT molecular complexity index is 568. The van der Waals surface area contributed by atoms with Crippen LogP contribution in [0, 0.1) is 11.6 Å².